The molecular formula is C15H23F. The van der Waals surface area contributed by atoms with E-state index in [0.29, 0.717) is 0 Å². The van der Waals surface area contributed by atoms with Crippen LogP contribution in [-0.4, -0.2) is 0 Å². The highest BCUT2D eigenvalue weighted by Gasteiger charge is 1.95. The van der Waals surface area contributed by atoms with Gasteiger partial charge in [-0.15, -0.1) is 0 Å². The van der Waals surface area contributed by atoms with Gasteiger partial charge in [-0.2, -0.15) is 0 Å². The number of hydrogen-bond acceptors (Lipinski definition) is 0. The molecule has 0 saturated heterocycles. The molecule has 0 spiro atoms. The van der Waals surface area contributed by atoms with Gasteiger partial charge < -0.3 is 0 Å². The van der Waals surface area contributed by atoms with Crippen molar-refractivity contribution in [2.45, 2.75) is 58.3 Å². The van der Waals surface area contributed by atoms with Gasteiger partial charge >= 0.3 is 0 Å². The molecule has 0 radical (unpaired) electrons. The van der Waals surface area contributed by atoms with Crippen LogP contribution in [0.2, 0.25) is 0 Å². The first-order valence-electron chi connectivity index (χ1n) is 6.57. The third-order valence-electron chi connectivity index (χ3n) is 2.98. The van der Waals surface area contributed by atoms with Crippen molar-refractivity contribution >= 4 is 0 Å². The first kappa shape index (κ1) is 13.2. The second kappa shape index (κ2) is 8.32. The second-order valence-electron chi connectivity index (χ2n) is 4.50. The first-order chi connectivity index (χ1) is 7.83. The van der Waals surface area contributed by atoms with Crippen molar-refractivity contribution in [3.63, 3.8) is 0 Å². The zero-order valence-corrected chi connectivity index (χ0v) is 10.3. The van der Waals surface area contributed by atoms with Gasteiger partial charge in [0.15, 0.2) is 0 Å². The van der Waals surface area contributed by atoms with Gasteiger partial charge in [0.05, 0.1) is 0 Å². The smallest absolute Gasteiger partial charge is 0.123 e. The number of hydrogen-bond donors (Lipinski definition) is 0. The Morgan fingerprint density at radius 1 is 0.812 bits per heavy atom. The molecule has 0 aliphatic rings. The topological polar surface area (TPSA) is 0 Å². The van der Waals surface area contributed by atoms with Crippen LogP contribution in [0.25, 0.3) is 0 Å². The van der Waals surface area contributed by atoms with Gasteiger partial charge in [-0.25, -0.2) is 4.39 Å². The summed E-state index contributed by atoms with van der Waals surface area (Å²) in [6.07, 6.45) is 10.4. The summed E-state index contributed by atoms with van der Waals surface area (Å²) in [5, 5.41) is 0. The average molecular weight is 222 g/mol. The van der Waals surface area contributed by atoms with Crippen LogP contribution in [0.3, 0.4) is 0 Å². The summed E-state index contributed by atoms with van der Waals surface area (Å²) >= 11 is 0. The van der Waals surface area contributed by atoms with E-state index in [1.165, 1.54) is 50.5 Å². The van der Waals surface area contributed by atoms with Gasteiger partial charge in [0.25, 0.3) is 0 Å². The molecule has 0 N–H and O–H groups in total. The molecule has 1 aromatic carbocycles. The predicted molar refractivity (Wildman–Crippen MR) is 68.1 cm³/mol. The maximum Gasteiger partial charge on any atom is 0.123 e. The van der Waals surface area contributed by atoms with E-state index in [2.05, 4.69) is 6.92 Å². The lowest BCUT2D eigenvalue weighted by Crippen LogP contribution is -1.86. The lowest BCUT2D eigenvalue weighted by Gasteiger charge is -2.02. The Balaban J connectivity index is 2.01. The van der Waals surface area contributed by atoms with Gasteiger partial charge in [0.2, 0.25) is 0 Å². The molecule has 0 aliphatic carbocycles. The van der Waals surface area contributed by atoms with Crippen molar-refractivity contribution in [2.24, 2.45) is 0 Å². The Morgan fingerprint density at radius 2 is 1.38 bits per heavy atom. The van der Waals surface area contributed by atoms with Crippen LogP contribution in [0, 0.1) is 5.82 Å². The summed E-state index contributed by atoms with van der Waals surface area (Å²) in [5.41, 5.74) is 1.26. The molecule has 1 rings (SSSR count). The first-order valence-corrected chi connectivity index (χ1v) is 6.57. The maximum atomic E-state index is 12.6. The van der Waals surface area contributed by atoms with Crippen molar-refractivity contribution in [1.29, 1.82) is 0 Å². The third kappa shape index (κ3) is 5.89. The molecule has 0 aromatic heterocycles. The number of benzene rings is 1. The summed E-state index contributed by atoms with van der Waals surface area (Å²) in [7, 11) is 0. The van der Waals surface area contributed by atoms with Gasteiger partial charge in [-0.3, -0.25) is 0 Å². The van der Waals surface area contributed by atoms with Crippen LogP contribution in [0.1, 0.15) is 57.4 Å². The minimum absolute atomic E-state index is 0.136. The molecule has 1 aromatic rings. The number of rotatable bonds is 8. The van der Waals surface area contributed by atoms with E-state index >= 15 is 0 Å². The normalized spacial score (nSPS) is 10.6. The van der Waals surface area contributed by atoms with Crippen molar-refractivity contribution < 1.29 is 4.39 Å². The molecule has 0 unspecified atom stereocenters. The summed E-state index contributed by atoms with van der Waals surface area (Å²) < 4.78 is 12.6. The summed E-state index contributed by atoms with van der Waals surface area (Å²) in [5.74, 6) is -0.136. The standard InChI is InChI=1S/C15H23F/c1-2-3-4-5-6-7-8-9-14-10-12-15(16)13-11-14/h10-13H,2-9H2,1H3. The van der Waals surface area contributed by atoms with Crippen molar-refractivity contribution in [1.82, 2.24) is 0 Å². The second-order valence-corrected chi connectivity index (χ2v) is 4.50. The molecule has 0 amide bonds. The van der Waals surface area contributed by atoms with Crippen LogP contribution in [0.4, 0.5) is 4.39 Å². The molecular weight excluding hydrogens is 199 g/mol. The molecule has 0 aliphatic heterocycles. The largest absolute Gasteiger partial charge is 0.207 e. The summed E-state index contributed by atoms with van der Waals surface area (Å²) in [6, 6.07) is 6.89. The zero-order valence-electron chi connectivity index (χ0n) is 10.3. The fourth-order valence-electron chi connectivity index (χ4n) is 1.94. The fourth-order valence-corrected chi connectivity index (χ4v) is 1.94. The molecule has 0 fully saturated rings. The maximum absolute atomic E-state index is 12.6. The molecule has 16 heavy (non-hydrogen) atoms. The molecule has 0 saturated carbocycles. The van der Waals surface area contributed by atoms with E-state index in [1.54, 1.807) is 12.1 Å². The minimum Gasteiger partial charge on any atom is -0.207 e. The number of aryl methyl sites for hydroxylation is 1. The third-order valence-corrected chi connectivity index (χ3v) is 2.98. The van der Waals surface area contributed by atoms with Crippen molar-refractivity contribution in [2.75, 3.05) is 0 Å². The van der Waals surface area contributed by atoms with E-state index in [4.69, 9.17) is 0 Å². The van der Waals surface area contributed by atoms with Crippen molar-refractivity contribution in [3.05, 3.63) is 35.6 Å². The Kier molecular flexibility index (Phi) is 6.87. The zero-order chi connectivity index (χ0) is 11.6. The Morgan fingerprint density at radius 3 is 2.00 bits per heavy atom. The Hall–Kier alpha value is -0.850. The molecule has 0 nitrogen and oxygen atoms in total. The van der Waals surface area contributed by atoms with E-state index in [0.717, 1.165) is 6.42 Å². The van der Waals surface area contributed by atoms with Crippen molar-refractivity contribution in [3.8, 4) is 0 Å². The summed E-state index contributed by atoms with van der Waals surface area (Å²) in [6.45, 7) is 2.24. The van der Waals surface area contributed by atoms with E-state index < -0.39 is 0 Å². The molecule has 0 bridgehead atoms. The van der Waals surface area contributed by atoms with Gasteiger partial charge in [0, 0.05) is 0 Å². The lowest BCUT2D eigenvalue weighted by atomic mass is 10.0. The van der Waals surface area contributed by atoms with Crippen LogP contribution < -0.4 is 0 Å². The van der Waals surface area contributed by atoms with Crippen LogP contribution >= 0.6 is 0 Å². The predicted octanol–water partition coefficient (Wildman–Crippen LogP) is 5.12. The van der Waals surface area contributed by atoms with Crippen LogP contribution in [-0.2, 0) is 6.42 Å². The SMILES string of the molecule is CCCCCCCCCc1ccc(F)cc1. The summed E-state index contributed by atoms with van der Waals surface area (Å²) in [4.78, 5) is 0. The van der Waals surface area contributed by atoms with Crippen LogP contribution in [0.15, 0.2) is 24.3 Å². The van der Waals surface area contributed by atoms with E-state index in [1.807, 2.05) is 12.1 Å². The average Bonchev–Trinajstić information content (AvgIpc) is 2.30. The highest BCUT2D eigenvalue weighted by Crippen LogP contribution is 2.11. The Labute approximate surface area is 98.9 Å². The van der Waals surface area contributed by atoms with E-state index in [9.17, 15) is 4.39 Å². The van der Waals surface area contributed by atoms with E-state index in [-0.39, 0.29) is 5.82 Å². The monoisotopic (exact) mass is 222 g/mol. The quantitative estimate of drug-likeness (QED) is 0.536. The molecule has 90 valence electrons. The van der Waals surface area contributed by atoms with Crippen LogP contribution in [0.5, 0.6) is 0 Å². The number of unbranched alkanes of at least 4 members (excludes halogenated alkanes) is 6. The highest BCUT2D eigenvalue weighted by molar-refractivity contribution is 5.15. The molecule has 0 heterocycles. The van der Waals surface area contributed by atoms with Gasteiger partial charge in [0.1, 0.15) is 5.82 Å². The number of halogens is 1. The Bertz CT molecular complexity index is 263. The van der Waals surface area contributed by atoms with Gasteiger partial charge in [-0.05, 0) is 30.5 Å². The lowest BCUT2D eigenvalue weighted by molar-refractivity contribution is 0.588. The molecule has 1 heteroatoms. The molecule has 0 atom stereocenters. The fraction of sp³-hybridized carbons (Fsp3) is 0.600. The van der Waals surface area contributed by atoms with Gasteiger partial charge in [-0.1, -0.05) is 57.6 Å². The highest BCUT2D eigenvalue weighted by atomic mass is 19.1. The minimum atomic E-state index is -0.136.